The molecule has 1 atom stereocenters. The van der Waals surface area contributed by atoms with Crippen molar-refractivity contribution >= 4 is 24.5 Å². The molecule has 130 valence electrons. The van der Waals surface area contributed by atoms with Crippen LogP contribution in [0.2, 0.25) is 0 Å². The number of aliphatic carboxylic acids is 1. The van der Waals surface area contributed by atoms with Gasteiger partial charge in [-0.05, 0) is 40.0 Å². The van der Waals surface area contributed by atoms with Crippen LogP contribution in [0.25, 0.3) is 0 Å². The molecule has 7 nitrogen and oxygen atoms in total. The molecule has 3 rings (SSSR count). The van der Waals surface area contributed by atoms with E-state index in [1.165, 1.54) is 0 Å². The van der Waals surface area contributed by atoms with Crippen molar-refractivity contribution in [2.45, 2.75) is 51.7 Å². The van der Waals surface area contributed by atoms with Crippen molar-refractivity contribution in [3.05, 3.63) is 12.4 Å². The molecule has 0 saturated carbocycles. The van der Waals surface area contributed by atoms with Gasteiger partial charge in [-0.3, -0.25) is 4.79 Å². The SMILES string of the molecule is CC1(C)OB(c2cnc(N3CC[C@@H](CC(=O)O)C3)nc2)OC1(C)C. The largest absolute Gasteiger partial charge is 0.498 e. The Kier molecular flexibility index (Phi) is 4.29. The van der Waals surface area contributed by atoms with Gasteiger partial charge in [-0.1, -0.05) is 0 Å². The lowest BCUT2D eigenvalue weighted by molar-refractivity contribution is -0.137. The minimum absolute atomic E-state index is 0.161. The molecule has 2 fully saturated rings. The summed E-state index contributed by atoms with van der Waals surface area (Å²) in [6.45, 7) is 9.50. The molecule has 1 aromatic heterocycles. The van der Waals surface area contributed by atoms with Crippen LogP contribution in [0.15, 0.2) is 12.4 Å². The van der Waals surface area contributed by atoms with Crippen LogP contribution in [-0.4, -0.2) is 52.5 Å². The fourth-order valence-electron chi connectivity index (χ4n) is 3.02. The molecule has 1 N–H and O–H groups in total. The third-order valence-electron chi connectivity index (χ3n) is 5.22. The minimum Gasteiger partial charge on any atom is -0.481 e. The van der Waals surface area contributed by atoms with Crippen molar-refractivity contribution < 1.29 is 19.2 Å². The first-order chi connectivity index (χ1) is 11.2. The monoisotopic (exact) mass is 333 g/mol. The molecule has 24 heavy (non-hydrogen) atoms. The molecule has 2 aliphatic rings. The number of nitrogens with zero attached hydrogens (tertiary/aromatic N) is 3. The Hall–Kier alpha value is -1.67. The van der Waals surface area contributed by atoms with Gasteiger partial charge in [0, 0.05) is 37.4 Å². The van der Waals surface area contributed by atoms with Crippen molar-refractivity contribution in [3.63, 3.8) is 0 Å². The highest BCUT2D eigenvalue weighted by Crippen LogP contribution is 2.36. The molecule has 0 unspecified atom stereocenters. The quantitative estimate of drug-likeness (QED) is 0.825. The van der Waals surface area contributed by atoms with E-state index in [9.17, 15) is 4.79 Å². The predicted molar refractivity (Wildman–Crippen MR) is 90.3 cm³/mol. The van der Waals surface area contributed by atoms with Crippen LogP contribution < -0.4 is 10.4 Å². The number of carboxylic acids is 1. The van der Waals surface area contributed by atoms with E-state index in [-0.39, 0.29) is 12.3 Å². The Balaban J connectivity index is 1.66. The Morgan fingerprint density at radius 2 is 1.88 bits per heavy atom. The highest BCUT2D eigenvalue weighted by Gasteiger charge is 2.52. The van der Waals surface area contributed by atoms with Gasteiger partial charge >= 0.3 is 13.1 Å². The Morgan fingerprint density at radius 3 is 2.42 bits per heavy atom. The molecule has 0 amide bonds. The highest BCUT2D eigenvalue weighted by atomic mass is 16.7. The van der Waals surface area contributed by atoms with Crippen LogP contribution in [0.3, 0.4) is 0 Å². The first-order valence-electron chi connectivity index (χ1n) is 8.32. The standard InChI is InChI=1S/C16H24BN3O4/c1-15(2)16(3,4)24-17(23-15)12-8-18-14(19-9-12)20-6-5-11(10-20)7-13(21)22/h8-9,11H,5-7,10H2,1-4H3,(H,21,22)/t11-/m0/s1. The van der Waals surface area contributed by atoms with Crippen molar-refractivity contribution in [3.8, 4) is 0 Å². The predicted octanol–water partition coefficient (Wildman–Crippen LogP) is 1.08. The highest BCUT2D eigenvalue weighted by molar-refractivity contribution is 6.61. The van der Waals surface area contributed by atoms with Gasteiger partial charge in [-0.15, -0.1) is 0 Å². The van der Waals surface area contributed by atoms with Gasteiger partial charge < -0.3 is 19.3 Å². The van der Waals surface area contributed by atoms with Gasteiger partial charge in [0.25, 0.3) is 0 Å². The molecule has 0 aliphatic carbocycles. The summed E-state index contributed by atoms with van der Waals surface area (Å²) in [6.07, 6.45) is 4.52. The number of hydrogen-bond donors (Lipinski definition) is 1. The van der Waals surface area contributed by atoms with E-state index < -0.39 is 24.3 Å². The zero-order chi connectivity index (χ0) is 17.5. The normalized spacial score (nSPS) is 25.2. The summed E-state index contributed by atoms with van der Waals surface area (Å²) in [6, 6.07) is 0. The van der Waals surface area contributed by atoms with Crippen molar-refractivity contribution in [1.29, 1.82) is 0 Å². The molecular weight excluding hydrogens is 309 g/mol. The maximum atomic E-state index is 10.8. The van der Waals surface area contributed by atoms with E-state index in [1.807, 2.05) is 32.6 Å². The average molecular weight is 333 g/mol. The Bertz CT molecular complexity index is 604. The molecule has 2 aliphatic heterocycles. The molecule has 8 heteroatoms. The summed E-state index contributed by atoms with van der Waals surface area (Å²) in [4.78, 5) is 21.7. The molecule has 0 aromatic carbocycles. The number of anilines is 1. The fourth-order valence-corrected chi connectivity index (χ4v) is 3.02. The maximum Gasteiger partial charge on any atom is 0.498 e. The van der Waals surface area contributed by atoms with E-state index in [4.69, 9.17) is 14.4 Å². The first-order valence-corrected chi connectivity index (χ1v) is 8.32. The fraction of sp³-hybridized carbons (Fsp3) is 0.688. The number of aromatic nitrogens is 2. The van der Waals surface area contributed by atoms with Gasteiger partial charge in [-0.2, -0.15) is 0 Å². The van der Waals surface area contributed by atoms with Crippen LogP contribution >= 0.6 is 0 Å². The zero-order valence-corrected chi connectivity index (χ0v) is 14.7. The number of carboxylic acid groups (broad SMARTS) is 1. The summed E-state index contributed by atoms with van der Waals surface area (Å²) in [5.41, 5.74) is 0.00343. The summed E-state index contributed by atoms with van der Waals surface area (Å²) in [5, 5.41) is 8.90. The second-order valence-electron chi connectivity index (χ2n) is 7.60. The van der Waals surface area contributed by atoms with E-state index >= 15 is 0 Å². The van der Waals surface area contributed by atoms with E-state index in [1.54, 1.807) is 12.4 Å². The van der Waals surface area contributed by atoms with E-state index in [0.29, 0.717) is 12.5 Å². The van der Waals surface area contributed by atoms with Gasteiger partial charge in [-0.25, -0.2) is 9.97 Å². The molecule has 3 heterocycles. The molecule has 1 aromatic rings. The third-order valence-corrected chi connectivity index (χ3v) is 5.22. The minimum atomic E-state index is -0.751. The van der Waals surface area contributed by atoms with Gasteiger partial charge in [0.2, 0.25) is 5.95 Å². The summed E-state index contributed by atoms with van der Waals surface area (Å²) < 4.78 is 12.0. The molecule has 2 saturated heterocycles. The van der Waals surface area contributed by atoms with Gasteiger partial charge in [0.05, 0.1) is 11.2 Å². The van der Waals surface area contributed by atoms with Crippen molar-refractivity contribution in [2.75, 3.05) is 18.0 Å². The van der Waals surface area contributed by atoms with E-state index in [0.717, 1.165) is 18.4 Å². The lowest BCUT2D eigenvalue weighted by Gasteiger charge is -2.32. The summed E-state index contributed by atoms with van der Waals surface area (Å²) in [7, 11) is -0.470. The number of carbonyl (C=O) groups is 1. The Labute approximate surface area is 142 Å². The van der Waals surface area contributed by atoms with Crippen LogP contribution in [0, 0.1) is 5.92 Å². The van der Waals surface area contributed by atoms with Crippen LogP contribution in [0.5, 0.6) is 0 Å². The van der Waals surface area contributed by atoms with Gasteiger partial charge in [0.1, 0.15) is 0 Å². The lowest BCUT2D eigenvalue weighted by atomic mass is 9.81. The van der Waals surface area contributed by atoms with Crippen LogP contribution in [0.4, 0.5) is 5.95 Å². The van der Waals surface area contributed by atoms with E-state index in [2.05, 4.69) is 9.97 Å². The topological polar surface area (TPSA) is 84.8 Å². The third kappa shape index (κ3) is 3.25. The van der Waals surface area contributed by atoms with Gasteiger partial charge in [0.15, 0.2) is 0 Å². The molecule has 0 spiro atoms. The second-order valence-corrected chi connectivity index (χ2v) is 7.60. The molecule has 0 bridgehead atoms. The molecule has 0 radical (unpaired) electrons. The number of hydrogen-bond acceptors (Lipinski definition) is 6. The first kappa shape index (κ1) is 17.2. The lowest BCUT2D eigenvalue weighted by Crippen LogP contribution is -2.41. The average Bonchev–Trinajstić information content (AvgIpc) is 3.01. The van der Waals surface area contributed by atoms with Crippen molar-refractivity contribution in [2.24, 2.45) is 5.92 Å². The second kappa shape index (κ2) is 6.00. The maximum absolute atomic E-state index is 10.8. The molecular formula is C16H24BN3O4. The summed E-state index contributed by atoms with van der Waals surface area (Å²) in [5.74, 6) is 0.0379. The van der Waals surface area contributed by atoms with Crippen molar-refractivity contribution in [1.82, 2.24) is 9.97 Å². The zero-order valence-electron chi connectivity index (χ0n) is 14.7. The number of rotatable bonds is 4. The summed E-state index contributed by atoms with van der Waals surface area (Å²) >= 11 is 0. The van der Waals surface area contributed by atoms with Crippen LogP contribution in [0.1, 0.15) is 40.5 Å². The van der Waals surface area contributed by atoms with Crippen LogP contribution in [-0.2, 0) is 14.1 Å². The Morgan fingerprint density at radius 1 is 1.29 bits per heavy atom. The smallest absolute Gasteiger partial charge is 0.481 e.